The highest BCUT2D eigenvalue weighted by Crippen LogP contribution is 2.18. The van der Waals surface area contributed by atoms with Gasteiger partial charge in [-0.3, -0.25) is 14.4 Å². The smallest absolute Gasteiger partial charge is 0.303 e. The lowest BCUT2D eigenvalue weighted by Gasteiger charge is -2.34. The highest BCUT2D eigenvalue weighted by Gasteiger charge is 2.38. The van der Waals surface area contributed by atoms with Gasteiger partial charge in [0.1, 0.15) is 31.5 Å². The molecule has 24 heavy (non-hydrogen) atoms. The van der Waals surface area contributed by atoms with Crippen molar-refractivity contribution in [2.45, 2.75) is 45.2 Å². The van der Waals surface area contributed by atoms with Gasteiger partial charge in [0.25, 0.3) is 0 Å². The van der Waals surface area contributed by atoms with Crippen molar-refractivity contribution in [1.82, 2.24) is 0 Å². The van der Waals surface area contributed by atoms with E-state index < -0.39 is 42.3 Å². The van der Waals surface area contributed by atoms with Crippen LogP contribution < -0.4 is 0 Å². The van der Waals surface area contributed by atoms with Crippen LogP contribution in [0.1, 0.15) is 20.8 Å². The Balaban J connectivity index is 5.26. The van der Waals surface area contributed by atoms with E-state index >= 15 is 0 Å². The zero-order valence-electron chi connectivity index (χ0n) is 14.9. The fourth-order valence-corrected chi connectivity index (χ4v) is 2.10. The number of rotatable bonds is 11. The fourth-order valence-electron chi connectivity index (χ4n) is 2.10. The van der Waals surface area contributed by atoms with Gasteiger partial charge in [0.05, 0.1) is 0 Å². The predicted molar refractivity (Wildman–Crippen MR) is 81.2 cm³/mol. The molecule has 0 fully saturated rings. The Bertz CT molecular complexity index is 410. The van der Waals surface area contributed by atoms with E-state index in [4.69, 9.17) is 28.4 Å². The van der Waals surface area contributed by atoms with E-state index in [0.717, 1.165) is 0 Å². The second-order valence-electron chi connectivity index (χ2n) is 4.93. The summed E-state index contributed by atoms with van der Waals surface area (Å²) in [5.41, 5.74) is 0. The number of carbonyl (C=O) groups is 3. The SMILES string of the molecule is CO[C@@H]([C@H](OC)[C@@H](COC(C)=O)OC(C)=O)[C@H](COC(C)=O)OC. The molecule has 140 valence electrons. The van der Waals surface area contributed by atoms with Crippen LogP contribution in [0.4, 0.5) is 0 Å². The van der Waals surface area contributed by atoms with E-state index in [-0.39, 0.29) is 13.2 Å². The standard InChI is InChI=1S/C15H26O9/c1-9(16)22-7-12(19-4)14(20-5)15(21-6)13(24-11(3)18)8-23-10(2)17/h12-15H,7-8H2,1-6H3/t12-,13+,14+,15+/m0/s1. The van der Waals surface area contributed by atoms with Crippen LogP contribution in [0.3, 0.4) is 0 Å². The first-order chi connectivity index (χ1) is 11.3. The number of ether oxygens (including phenoxy) is 6. The molecule has 0 aromatic heterocycles. The van der Waals surface area contributed by atoms with Gasteiger partial charge >= 0.3 is 17.9 Å². The Morgan fingerprint density at radius 1 is 0.667 bits per heavy atom. The topological polar surface area (TPSA) is 107 Å². The third kappa shape index (κ3) is 8.23. The minimum absolute atomic E-state index is 0.0788. The molecule has 0 N–H and O–H groups in total. The number of methoxy groups -OCH3 is 3. The molecule has 0 unspecified atom stereocenters. The van der Waals surface area contributed by atoms with Crippen LogP contribution >= 0.6 is 0 Å². The zero-order valence-corrected chi connectivity index (χ0v) is 14.9. The van der Waals surface area contributed by atoms with Crippen molar-refractivity contribution in [1.29, 1.82) is 0 Å². The quantitative estimate of drug-likeness (QED) is 0.378. The van der Waals surface area contributed by atoms with E-state index in [1.165, 1.54) is 42.1 Å². The van der Waals surface area contributed by atoms with E-state index in [1.807, 2.05) is 0 Å². The summed E-state index contributed by atoms with van der Waals surface area (Å²) in [6, 6.07) is 0. The van der Waals surface area contributed by atoms with Crippen LogP contribution in [0.2, 0.25) is 0 Å². The number of hydrogen-bond acceptors (Lipinski definition) is 9. The Kier molecular flexibility index (Phi) is 10.9. The molecule has 0 bridgehead atoms. The second kappa shape index (κ2) is 11.8. The van der Waals surface area contributed by atoms with Crippen LogP contribution in [-0.2, 0) is 42.8 Å². The van der Waals surface area contributed by atoms with Gasteiger partial charge in [0.15, 0.2) is 6.10 Å². The molecule has 0 aromatic carbocycles. The molecule has 0 rings (SSSR count). The van der Waals surface area contributed by atoms with Crippen LogP contribution in [0.5, 0.6) is 0 Å². The first kappa shape index (κ1) is 22.3. The molecule has 0 amide bonds. The zero-order chi connectivity index (χ0) is 18.7. The van der Waals surface area contributed by atoms with Crippen molar-refractivity contribution >= 4 is 17.9 Å². The summed E-state index contributed by atoms with van der Waals surface area (Å²) in [4.78, 5) is 33.4. The molecule has 4 atom stereocenters. The van der Waals surface area contributed by atoms with Crippen LogP contribution in [0, 0.1) is 0 Å². The molecular weight excluding hydrogens is 324 g/mol. The van der Waals surface area contributed by atoms with Gasteiger partial charge in [-0.05, 0) is 0 Å². The molecule has 0 aliphatic carbocycles. The van der Waals surface area contributed by atoms with Crippen molar-refractivity contribution < 1.29 is 42.8 Å². The minimum Gasteiger partial charge on any atom is -0.463 e. The maximum Gasteiger partial charge on any atom is 0.303 e. The molecular formula is C15H26O9. The maximum absolute atomic E-state index is 11.3. The Morgan fingerprint density at radius 2 is 1.08 bits per heavy atom. The molecule has 0 heterocycles. The van der Waals surface area contributed by atoms with E-state index in [2.05, 4.69) is 0 Å². The number of carbonyl (C=O) groups excluding carboxylic acids is 3. The lowest BCUT2D eigenvalue weighted by Crippen LogP contribution is -2.52. The Hall–Kier alpha value is -1.71. The summed E-state index contributed by atoms with van der Waals surface area (Å²) in [6.07, 6.45) is -3.17. The first-order valence-corrected chi connectivity index (χ1v) is 7.29. The third-order valence-electron chi connectivity index (χ3n) is 3.12. The van der Waals surface area contributed by atoms with Gasteiger partial charge < -0.3 is 28.4 Å². The first-order valence-electron chi connectivity index (χ1n) is 7.29. The van der Waals surface area contributed by atoms with Crippen molar-refractivity contribution in [2.75, 3.05) is 34.5 Å². The molecule has 0 saturated heterocycles. The molecule has 0 radical (unpaired) electrons. The monoisotopic (exact) mass is 350 g/mol. The summed E-state index contributed by atoms with van der Waals surface area (Å²) >= 11 is 0. The van der Waals surface area contributed by atoms with Gasteiger partial charge in [0.2, 0.25) is 0 Å². The molecule has 9 nitrogen and oxygen atoms in total. The summed E-state index contributed by atoms with van der Waals surface area (Å²) in [6.45, 7) is 3.44. The van der Waals surface area contributed by atoms with Crippen LogP contribution in [0.15, 0.2) is 0 Å². The number of esters is 3. The van der Waals surface area contributed by atoms with E-state index in [0.29, 0.717) is 0 Å². The van der Waals surface area contributed by atoms with E-state index in [9.17, 15) is 14.4 Å². The maximum atomic E-state index is 11.3. The second-order valence-corrected chi connectivity index (χ2v) is 4.93. The average Bonchev–Trinajstić information content (AvgIpc) is 2.50. The highest BCUT2D eigenvalue weighted by atomic mass is 16.6. The summed E-state index contributed by atoms with van der Waals surface area (Å²) < 4.78 is 31.1. The molecule has 0 spiro atoms. The lowest BCUT2D eigenvalue weighted by atomic mass is 10.0. The summed E-state index contributed by atoms with van der Waals surface area (Å²) in [5.74, 6) is -1.57. The molecule has 0 aliphatic rings. The predicted octanol–water partition coefficient (Wildman–Crippen LogP) is 0.0893. The van der Waals surface area contributed by atoms with Crippen molar-refractivity contribution in [3.63, 3.8) is 0 Å². The van der Waals surface area contributed by atoms with Crippen molar-refractivity contribution in [3.8, 4) is 0 Å². The van der Waals surface area contributed by atoms with Gasteiger partial charge in [-0.1, -0.05) is 0 Å². The van der Waals surface area contributed by atoms with Crippen molar-refractivity contribution in [3.05, 3.63) is 0 Å². The van der Waals surface area contributed by atoms with Crippen LogP contribution in [0.25, 0.3) is 0 Å². The van der Waals surface area contributed by atoms with Crippen LogP contribution in [-0.4, -0.2) is 76.9 Å². The summed E-state index contributed by atoms with van der Waals surface area (Å²) in [7, 11) is 4.21. The van der Waals surface area contributed by atoms with E-state index in [1.54, 1.807) is 0 Å². The minimum atomic E-state index is -0.920. The summed E-state index contributed by atoms with van der Waals surface area (Å²) in [5, 5.41) is 0. The largest absolute Gasteiger partial charge is 0.463 e. The average molecular weight is 350 g/mol. The molecule has 9 heteroatoms. The van der Waals surface area contributed by atoms with Gasteiger partial charge in [-0.15, -0.1) is 0 Å². The lowest BCUT2D eigenvalue weighted by molar-refractivity contribution is -0.188. The van der Waals surface area contributed by atoms with Gasteiger partial charge in [0, 0.05) is 42.1 Å². The van der Waals surface area contributed by atoms with Gasteiger partial charge in [-0.25, -0.2) is 0 Å². The fraction of sp³-hybridized carbons (Fsp3) is 0.800. The normalized spacial score (nSPS) is 15.8. The molecule has 0 aliphatic heterocycles. The Morgan fingerprint density at radius 3 is 1.42 bits per heavy atom. The van der Waals surface area contributed by atoms with Gasteiger partial charge in [-0.2, -0.15) is 0 Å². The Labute approximate surface area is 141 Å². The molecule has 0 aromatic rings. The third-order valence-corrected chi connectivity index (χ3v) is 3.12. The highest BCUT2D eigenvalue weighted by molar-refractivity contribution is 5.67. The van der Waals surface area contributed by atoms with Crippen molar-refractivity contribution in [2.24, 2.45) is 0 Å². The number of hydrogen-bond donors (Lipinski definition) is 0. The molecule has 0 saturated carbocycles.